The molecule has 0 radical (unpaired) electrons. The molecular weight excluding hydrogens is 112 g/mol. The van der Waals surface area contributed by atoms with E-state index in [2.05, 4.69) is 11.4 Å². The third-order valence-electron chi connectivity index (χ3n) is 1.18. The quantitative estimate of drug-likeness (QED) is 0.516. The zero-order chi connectivity index (χ0) is 6.69. The van der Waals surface area contributed by atoms with Crippen LogP contribution in [0.4, 0.5) is 0 Å². The Hall–Kier alpha value is -1.23. The molecule has 0 aromatic rings. The molecule has 9 heavy (non-hydrogen) atoms. The van der Waals surface area contributed by atoms with Crippen LogP contribution in [0.25, 0.3) is 0 Å². The summed E-state index contributed by atoms with van der Waals surface area (Å²) in [5.41, 5.74) is 0.737. The zero-order valence-electron chi connectivity index (χ0n) is 5.26. The number of allylic oxidation sites excluding steroid dienone is 2. The van der Waals surface area contributed by atoms with Gasteiger partial charge in [-0.2, -0.15) is 5.26 Å². The van der Waals surface area contributed by atoms with Crippen molar-refractivity contribution in [2.45, 2.75) is 13.0 Å². The van der Waals surface area contributed by atoms with Gasteiger partial charge < -0.3 is 5.32 Å². The number of dihydropyridines is 1. The second kappa shape index (κ2) is 2.36. The molecule has 1 heterocycles. The highest BCUT2D eigenvalue weighted by molar-refractivity contribution is 5.35. The van der Waals surface area contributed by atoms with Crippen LogP contribution in [-0.4, -0.2) is 6.04 Å². The topological polar surface area (TPSA) is 35.8 Å². The van der Waals surface area contributed by atoms with Gasteiger partial charge in [0.2, 0.25) is 0 Å². The van der Waals surface area contributed by atoms with Crippen LogP contribution in [0.15, 0.2) is 23.9 Å². The maximum atomic E-state index is 8.41. The van der Waals surface area contributed by atoms with E-state index in [9.17, 15) is 0 Å². The lowest BCUT2D eigenvalue weighted by atomic mass is 10.1. The molecule has 1 unspecified atom stereocenters. The van der Waals surface area contributed by atoms with E-state index >= 15 is 0 Å². The Labute approximate surface area is 54.5 Å². The van der Waals surface area contributed by atoms with E-state index < -0.39 is 0 Å². The van der Waals surface area contributed by atoms with Crippen molar-refractivity contribution in [1.82, 2.24) is 5.32 Å². The fraction of sp³-hybridized carbons (Fsp3) is 0.286. The highest BCUT2D eigenvalue weighted by Crippen LogP contribution is 2.01. The normalized spacial score (nSPS) is 24.0. The second-order valence-electron chi connectivity index (χ2n) is 2.02. The van der Waals surface area contributed by atoms with E-state index in [1.54, 1.807) is 12.3 Å². The third-order valence-corrected chi connectivity index (χ3v) is 1.18. The predicted octanol–water partition coefficient (Wildman–Crippen LogP) is 0.942. The van der Waals surface area contributed by atoms with Crippen LogP contribution >= 0.6 is 0 Å². The Kier molecular flexibility index (Phi) is 1.55. The van der Waals surface area contributed by atoms with E-state index in [0.717, 1.165) is 5.57 Å². The third kappa shape index (κ3) is 1.33. The van der Waals surface area contributed by atoms with Gasteiger partial charge in [-0.05, 0) is 25.3 Å². The van der Waals surface area contributed by atoms with Crippen molar-refractivity contribution in [2.24, 2.45) is 0 Å². The largest absolute Gasteiger partial charge is 0.385 e. The molecule has 2 nitrogen and oxygen atoms in total. The van der Waals surface area contributed by atoms with Crippen molar-refractivity contribution in [2.75, 3.05) is 0 Å². The molecule has 0 aromatic heterocycles. The van der Waals surface area contributed by atoms with Gasteiger partial charge in [0.1, 0.15) is 0 Å². The zero-order valence-corrected chi connectivity index (χ0v) is 5.26. The summed E-state index contributed by atoms with van der Waals surface area (Å²) in [5.74, 6) is 0. The van der Waals surface area contributed by atoms with Gasteiger partial charge >= 0.3 is 0 Å². The average molecular weight is 120 g/mol. The minimum absolute atomic E-state index is 0.296. The van der Waals surface area contributed by atoms with Crippen molar-refractivity contribution < 1.29 is 0 Å². The predicted molar refractivity (Wildman–Crippen MR) is 35.4 cm³/mol. The first-order chi connectivity index (χ1) is 4.33. The van der Waals surface area contributed by atoms with Crippen molar-refractivity contribution in [3.63, 3.8) is 0 Å². The molecule has 1 aliphatic heterocycles. The van der Waals surface area contributed by atoms with Crippen LogP contribution in [0.1, 0.15) is 6.92 Å². The molecule has 0 amide bonds. The molecule has 2 heteroatoms. The first-order valence-corrected chi connectivity index (χ1v) is 2.87. The number of hydrogen-bond acceptors (Lipinski definition) is 2. The molecule has 1 rings (SSSR count). The molecule has 0 saturated carbocycles. The van der Waals surface area contributed by atoms with Gasteiger partial charge in [-0.15, -0.1) is 0 Å². The molecule has 0 fully saturated rings. The van der Waals surface area contributed by atoms with E-state index in [0.29, 0.717) is 6.04 Å². The molecule has 1 N–H and O–H groups in total. The maximum Gasteiger partial charge on any atom is 0.0989 e. The number of rotatable bonds is 0. The van der Waals surface area contributed by atoms with Gasteiger partial charge in [0, 0.05) is 6.04 Å². The maximum absolute atomic E-state index is 8.41. The van der Waals surface area contributed by atoms with Gasteiger partial charge in [-0.25, -0.2) is 0 Å². The van der Waals surface area contributed by atoms with Gasteiger partial charge in [-0.3, -0.25) is 0 Å². The molecule has 0 aromatic carbocycles. The molecule has 46 valence electrons. The van der Waals surface area contributed by atoms with Crippen LogP contribution in [0.5, 0.6) is 0 Å². The summed E-state index contributed by atoms with van der Waals surface area (Å²) in [4.78, 5) is 0. The van der Waals surface area contributed by atoms with E-state index in [-0.39, 0.29) is 0 Å². The molecule has 0 bridgehead atoms. The summed E-state index contributed by atoms with van der Waals surface area (Å²) in [7, 11) is 0. The van der Waals surface area contributed by atoms with Crippen LogP contribution in [0.3, 0.4) is 0 Å². The number of hydrogen-bond donors (Lipinski definition) is 1. The lowest BCUT2D eigenvalue weighted by Gasteiger charge is -2.09. The summed E-state index contributed by atoms with van der Waals surface area (Å²) in [5, 5.41) is 11.4. The molecule has 0 aliphatic carbocycles. The molecular formula is C7H8N2. The molecule has 1 aliphatic rings. The smallest absolute Gasteiger partial charge is 0.0989 e. The Bertz CT molecular complexity index is 195. The van der Waals surface area contributed by atoms with E-state index in [1.165, 1.54) is 0 Å². The van der Waals surface area contributed by atoms with Gasteiger partial charge in [-0.1, -0.05) is 0 Å². The Morgan fingerprint density at radius 3 is 3.00 bits per heavy atom. The van der Waals surface area contributed by atoms with Crippen LogP contribution in [-0.2, 0) is 0 Å². The fourth-order valence-corrected chi connectivity index (χ4v) is 0.737. The van der Waals surface area contributed by atoms with Gasteiger partial charge in [0.15, 0.2) is 0 Å². The Morgan fingerprint density at radius 2 is 2.56 bits per heavy atom. The Morgan fingerprint density at radius 1 is 1.78 bits per heavy atom. The minimum atomic E-state index is 0.296. The summed E-state index contributed by atoms with van der Waals surface area (Å²) in [6, 6.07) is 2.36. The minimum Gasteiger partial charge on any atom is -0.385 e. The van der Waals surface area contributed by atoms with Crippen LogP contribution in [0.2, 0.25) is 0 Å². The molecule has 0 saturated heterocycles. The number of nitriles is 1. The summed E-state index contributed by atoms with van der Waals surface area (Å²) in [6.07, 6.45) is 5.45. The highest BCUT2D eigenvalue weighted by atomic mass is 14.9. The SMILES string of the molecule is CC1C=C(C#N)C=CN1. The highest BCUT2D eigenvalue weighted by Gasteiger charge is 1.99. The lowest BCUT2D eigenvalue weighted by molar-refractivity contribution is 0.757. The summed E-state index contributed by atoms with van der Waals surface area (Å²) < 4.78 is 0. The van der Waals surface area contributed by atoms with E-state index in [1.807, 2.05) is 13.0 Å². The first-order valence-electron chi connectivity index (χ1n) is 2.87. The number of nitrogens with one attached hydrogen (secondary N) is 1. The fourth-order valence-electron chi connectivity index (χ4n) is 0.737. The molecule has 0 spiro atoms. The second-order valence-corrected chi connectivity index (χ2v) is 2.02. The summed E-state index contributed by atoms with van der Waals surface area (Å²) in [6.45, 7) is 2.00. The van der Waals surface area contributed by atoms with E-state index in [4.69, 9.17) is 5.26 Å². The van der Waals surface area contributed by atoms with Crippen molar-refractivity contribution in [3.8, 4) is 6.07 Å². The Balaban J connectivity index is 2.74. The van der Waals surface area contributed by atoms with Gasteiger partial charge in [0.05, 0.1) is 11.6 Å². The van der Waals surface area contributed by atoms with Crippen molar-refractivity contribution >= 4 is 0 Å². The van der Waals surface area contributed by atoms with Crippen LogP contribution < -0.4 is 5.32 Å². The monoisotopic (exact) mass is 120 g/mol. The lowest BCUT2D eigenvalue weighted by Crippen LogP contribution is -2.20. The van der Waals surface area contributed by atoms with Gasteiger partial charge in [0.25, 0.3) is 0 Å². The van der Waals surface area contributed by atoms with Crippen molar-refractivity contribution in [1.29, 1.82) is 5.26 Å². The average Bonchev–Trinajstić information content (AvgIpc) is 1.88. The van der Waals surface area contributed by atoms with Crippen molar-refractivity contribution in [3.05, 3.63) is 23.9 Å². The number of nitrogens with zero attached hydrogens (tertiary/aromatic N) is 1. The first kappa shape index (κ1) is 5.90. The standard InChI is InChI=1S/C7H8N2/c1-6-4-7(5-8)2-3-9-6/h2-4,6,9H,1H3. The van der Waals surface area contributed by atoms with Crippen LogP contribution in [0, 0.1) is 11.3 Å². The molecule has 1 atom stereocenters. The summed E-state index contributed by atoms with van der Waals surface area (Å²) >= 11 is 0.